The Labute approximate surface area is 91.9 Å². The van der Waals surface area contributed by atoms with Gasteiger partial charge in [0, 0.05) is 22.2 Å². The Bertz CT molecular complexity index is 570. The van der Waals surface area contributed by atoms with Gasteiger partial charge in [-0.1, -0.05) is 0 Å². The van der Waals surface area contributed by atoms with Gasteiger partial charge in [0.1, 0.15) is 5.84 Å². The van der Waals surface area contributed by atoms with E-state index in [1.54, 1.807) is 12.1 Å². The summed E-state index contributed by atoms with van der Waals surface area (Å²) in [6.45, 7) is 0. The van der Waals surface area contributed by atoms with Crippen LogP contribution in [-0.2, 0) is 11.2 Å². The van der Waals surface area contributed by atoms with Crippen LogP contribution in [0.3, 0.4) is 0 Å². The van der Waals surface area contributed by atoms with Crippen LogP contribution >= 0.6 is 0 Å². The van der Waals surface area contributed by atoms with Crippen LogP contribution in [0.15, 0.2) is 24.3 Å². The van der Waals surface area contributed by atoms with Gasteiger partial charge in [0.05, 0.1) is 6.42 Å². The largest absolute Gasteiger partial charge is 0.384 e. The van der Waals surface area contributed by atoms with E-state index in [1.807, 2.05) is 12.1 Å². The van der Waals surface area contributed by atoms with E-state index in [2.05, 4.69) is 4.98 Å². The van der Waals surface area contributed by atoms with E-state index >= 15 is 0 Å². The third kappa shape index (κ3) is 1.88. The van der Waals surface area contributed by atoms with Crippen molar-refractivity contribution in [1.82, 2.24) is 4.98 Å². The fraction of sp³-hybridized carbons (Fsp3) is 0.0909. The maximum atomic E-state index is 10.8. The molecule has 0 aliphatic rings. The fourth-order valence-electron chi connectivity index (χ4n) is 1.64. The number of rotatable bonds is 3. The molecule has 0 fully saturated rings. The van der Waals surface area contributed by atoms with Crippen molar-refractivity contribution in [2.24, 2.45) is 11.5 Å². The predicted molar refractivity (Wildman–Crippen MR) is 62.2 cm³/mol. The Balaban J connectivity index is 2.45. The summed E-state index contributed by atoms with van der Waals surface area (Å²) < 4.78 is 0. The van der Waals surface area contributed by atoms with Gasteiger partial charge in [-0.25, -0.2) is 0 Å². The van der Waals surface area contributed by atoms with Crippen molar-refractivity contribution in [3.8, 4) is 0 Å². The molecule has 0 radical (unpaired) electrons. The number of aromatic amines is 1. The minimum absolute atomic E-state index is 0.0274. The average molecular weight is 216 g/mol. The van der Waals surface area contributed by atoms with Crippen molar-refractivity contribution in [1.29, 1.82) is 5.41 Å². The predicted octanol–water partition coefficient (Wildman–Crippen LogP) is 0.480. The Hall–Kier alpha value is -2.30. The number of hydrogen-bond donors (Lipinski definition) is 4. The summed E-state index contributed by atoms with van der Waals surface area (Å²) in [4.78, 5) is 13.8. The van der Waals surface area contributed by atoms with E-state index < -0.39 is 0 Å². The molecule has 0 aliphatic heterocycles. The molecular formula is C11H12N4O. The van der Waals surface area contributed by atoms with Crippen molar-refractivity contribution in [3.05, 3.63) is 35.5 Å². The lowest BCUT2D eigenvalue weighted by molar-refractivity contribution is -0.117. The molecule has 0 saturated carbocycles. The summed E-state index contributed by atoms with van der Waals surface area (Å²) >= 11 is 0. The topological polar surface area (TPSA) is 109 Å². The van der Waals surface area contributed by atoms with Crippen LogP contribution in [0.2, 0.25) is 0 Å². The SMILES string of the molecule is N=C(N)c1ccc2[nH]c(CC(N)=O)cc2c1. The monoisotopic (exact) mass is 216 g/mol. The molecule has 0 unspecified atom stereocenters. The molecule has 0 saturated heterocycles. The maximum absolute atomic E-state index is 10.8. The molecule has 0 spiro atoms. The molecular weight excluding hydrogens is 204 g/mol. The molecule has 2 rings (SSSR count). The zero-order valence-corrected chi connectivity index (χ0v) is 8.58. The lowest BCUT2D eigenvalue weighted by atomic mass is 10.1. The summed E-state index contributed by atoms with van der Waals surface area (Å²) in [7, 11) is 0. The van der Waals surface area contributed by atoms with Crippen LogP contribution in [0.1, 0.15) is 11.3 Å². The number of nitrogen functional groups attached to an aromatic ring is 1. The Morgan fingerprint density at radius 3 is 2.69 bits per heavy atom. The van der Waals surface area contributed by atoms with Gasteiger partial charge >= 0.3 is 0 Å². The number of amides is 1. The lowest BCUT2D eigenvalue weighted by Gasteiger charge is -1.96. The molecule has 2 aromatic rings. The van der Waals surface area contributed by atoms with Gasteiger partial charge in [0.25, 0.3) is 0 Å². The third-order valence-electron chi connectivity index (χ3n) is 2.35. The number of fused-ring (bicyclic) bond motifs is 1. The zero-order chi connectivity index (χ0) is 11.7. The molecule has 1 aromatic carbocycles. The molecule has 5 heteroatoms. The van der Waals surface area contributed by atoms with E-state index in [4.69, 9.17) is 16.9 Å². The van der Waals surface area contributed by atoms with Crippen LogP contribution in [0.5, 0.6) is 0 Å². The van der Waals surface area contributed by atoms with E-state index in [-0.39, 0.29) is 18.2 Å². The lowest BCUT2D eigenvalue weighted by Crippen LogP contribution is -2.13. The molecule has 82 valence electrons. The number of nitrogens with one attached hydrogen (secondary N) is 2. The first-order chi connectivity index (χ1) is 7.56. The molecule has 0 atom stereocenters. The number of primary amides is 1. The van der Waals surface area contributed by atoms with E-state index in [0.717, 1.165) is 16.6 Å². The van der Waals surface area contributed by atoms with Crippen LogP contribution in [0.4, 0.5) is 0 Å². The highest BCUT2D eigenvalue weighted by Crippen LogP contribution is 2.17. The van der Waals surface area contributed by atoms with E-state index in [9.17, 15) is 4.79 Å². The van der Waals surface area contributed by atoms with Crippen LogP contribution in [0, 0.1) is 5.41 Å². The van der Waals surface area contributed by atoms with Gasteiger partial charge in [0.2, 0.25) is 5.91 Å². The normalized spacial score (nSPS) is 10.5. The molecule has 1 amide bonds. The van der Waals surface area contributed by atoms with E-state index in [0.29, 0.717) is 5.56 Å². The van der Waals surface area contributed by atoms with Gasteiger partial charge in [0.15, 0.2) is 0 Å². The minimum atomic E-state index is -0.377. The zero-order valence-electron chi connectivity index (χ0n) is 8.58. The average Bonchev–Trinajstić information content (AvgIpc) is 2.56. The second kappa shape index (κ2) is 3.69. The molecule has 16 heavy (non-hydrogen) atoms. The number of benzene rings is 1. The summed E-state index contributed by atoms with van der Waals surface area (Å²) in [6.07, 6.45) is 0.185. The molecule has 0 bridgehead atoms. The van der Waals surface area contributed by atoms with Crippen LogP contribution in [0.25, 0.3) is 10.9 Å². The van der Waals surface area contributed by atoms with E-state index in [1.165, 1.54) is 0 Å². The van der Waals surface area contributed by atoms with Crippen LogP contribution < -0.4 is 11.5 Å². The van der Waals surface area contributed by atoms with Crippen molar-refractivity contribution < 1.29 is 4.79 Å². The molecule has 1 aromatic heterocycles. The van der Waals surface area contributed by atoms with Gasteiger partial charge in [-0.15, -0.1) is 0 Å². The summed E-state index contributed by atoms with van der Waals surface area (Å²) in [5.41, 5.74) is 12.8. The summed E-state index contributed by atoms with van der Waals surface area (Å²) in [6, 6.07) is 7.23. The number of hydrogen-bond acceptors (Lipinski definition) is 2. The summed E-state index contributed by atoms with van der Waals surface area (Å²) in [5.74, 6) is -0.349. The maximum Gasteiger partial charge on any atom is 0.223 e. The quantitative estimate of drug-likeness (QED) is 0.442. The van der Waals surface area contributed by atoms with Crippen LogP contribution in [-0.4, -0.2) is 16.7 Å². The van der Waals surface area contributed by atoms with Crippen molar-refractivity contribution in [2.75, 3.05) is 0 Å². The second-order valence-electron chi connectivity index (χ2n) is 3.65. The van der Waals surface area contributed by atoms with Gasteiger partial charge in [-0.2, -0.15) is 0 Å². The van der Waals surface area contributed by atoms with Crippen molar-refractivity contribution >= 4 is 22.6 Å². The Morgan fingerprint density at radius 2 is 2.06 bits per heavy atom. The molecule has 6 N–H and O–H groups in total. The van der Waals surface area contributed by atoms with Gasteiger partial charge in [-0.05, 0) is 24.3 Å². The van der Waals surface area contributed by atoms with Crippen molar-refractivity contribution in [3.63, 3.8) is 0 Å². The molecule has 0 aliphatic carbocycles. The minimum Gasteiger partial charge on any atom is -0.384 e. The first-order valence-electron chi connectivity index (χ1n) is 4.80. The third-order valence-corrected chi connectivity index (χ3v) is 2.35. The summed E-state index contributed by atoms with van der Waals surface area (Å²) in [5, 5.41) is 8.24. The van der Waals surface area contributed by atoms with Gasteiger partial charge < -0.3 is 16.5 Å². The smallest absolute Gasteiger partial charge is 0.223 e. The highest BCUT2D eigenvalue weighted by molar-refractivity contribution is 5.98. The molecule has 5 nitrogen and oxygen atoms in total. The first-order valence-corrected chi connectivity index (χ1v) is 4.80. The number of amidine groups is 1. The second-order valence-corrected chi connectivity index (χ2v) is 3.65. The number of nitrogens with two attached hydrogens (primary N) is 2. The number of aromatic nitrogens is 1. The number of carbonyl (C=O) groups excluding carboxylic acids is 1. The Morgan fingerprint density at radius 1 is 1.31 bits per heavy atom. The number of carbonyl (C=O) groups is 1. The standard InChI is InChI=1S/C11H12N4O/c12-10(16)5-8-4-7-3-6(11(13)14)1-2-9(7)15-8/h1-4,15H,5H2,(H2,12,16)(H3,13,14). The first kappa shape index (κ1) is 10.2. The highest BCUT2D eigenvalue weighted by atomic mass is 16.1. The highest BCUT2D eigenvalue weighted by Gasteiger charge is 2.05. The Kier molecular flexibility index (Phi) is 2.36. The van der Waals surface area contributed by atoms with Gasteiger partial charge in [-0.3, -0.25) is 10.2 Å². The fourth-order valence-corrected chi connectivity index (χ4v) is 1.64. The van der Waals surface area contributed by atoms with Crippen molar-refractivity contribution in [2.45, 2.75) is 6.42 Å². The molecule has 1 heterocycles. The number of H-pyrrole nitrogens is 1.